The van der Waals surface area contributed by atoms with Crippen LogP contribution in [0.15, 0.2) is 30.5 Å². The molecule has 0 radical (unpaired) electrons. The van der Waals surface area contributed by atoms with E-state index in [0.29, 0.717) is 6.54 Å². The summed E-state index contributed by atoms with van der Waals surface area (Å²) in [4.78, 5) is 19.1. The number of ether oxygens (including phenoxy) is 2. The first-order valence-electron chi connectivity index (χ1n) is 7.73. The molecule has 24 heavy (non-hydrogen) atoms. The fourth-order valence-corrected chi connectivity index (χ4v) is 3.73. The van der Waals surface area contributed by atoms with Gasteiger partial charge in [-0.3, -0.25) is 9.78 Å². The highest BCUT2D eigenvalue weighted by molar-refractivity contribution is 5.97. The van der Waals surface area contributed by atoms with E-state index in [9.17, 15) is 4.79 Å². The van der Waals surface area contributed by atoms with Gasteiger partial charge < -0.3 is 14.4 Å². The van der Waals surface area contributed by atoms with Gasteiger partial charge in [-0.1, -0.05) is 6.07 Å². The number of aromatic nitrogens is 1. The number of nitrogens with zero attached hydrogens (tertiary/aromatic N) is 2. The van der Waals surface area contributed by atoms with Crippen molar-refractivity contribution in [3.05, 3.63) is 52.8 Å². The number of methoxy groups -OCH3 is 2. The molecule has 0 saturated heterocycles. The molecule has 1 unspecified atom stereocenters. The molecule has 0 bridgehead atoms. The van der Waals surface area contributed by atoms with Crippen LogP contribution in [-0.2, 0) is 12.8 Å². The molecule has 0 saturated carbocycles. The molecule has 1 aromatic heterocycles. The van der Waals surface area contributed by atoms with Crippen LogP contribution in [0, 0.1) is 0 Å². The molecular formula is C18H19ClN2O3. The van der Waals surface area contributed by atoms with E-state index in [2.05, 4.69) is 11.1 Å². The van der Waals surface area contributed by atoms with Crippen molar-refractivity contribution >= 4 is 18.3 Å². The van der Waals surface area contributed by atoms with Gasteiger partial charge in [0.15, 0.2) is 11.5 Å². The maximum Gasteiger partial charge on any atom is 0.256 e. The largest absolute Gasteiger partial charge is 0.493 e. The molecule has 1 atom stereocenters. The summed E-state index contributed by atoms with van der Waals surface area (Å²) < 4.78 is 11.0. The number of pyridine rings is 1. The molecule has 1 amide bonds. The van der Waals surface area contributed by atoms with E-state index in [0.717, 1.165) is 46.7 Å². The molecule has 4 rings (SSSR count). The van der Waals surface area contributed by atoms with Crippen LogP contribution in [0.3, 0.4) is 0 Å². The standard InChI is InChI=1S/C18H18N2O3.ClH/c1-22-16-6-5-11-12(17(16)23-2)7-9-20-15(11)10-14-13(18(20)21)4-3-8-19-14;/h3-6,8,15H,7,9-10H2,1-2H3;1H. The van der Waals surface area contributed by atoms with E-state index < -0.39 is 0 Å². The lowest BCUT2D eigenvalue weighted by Gasteiger charge is -2.41. The van der Waals surface area contributed by atoms with Crippen molar-refractivity contribution in [1.29, 1.82) is 0 Å². The topological polar surface area (TPSA) is 51.7 Å². The molecule has 0 N–H and O–H groups in total. The minimum atomic E-state index is 0. The number of carbonyl (C=O) groups excluding carboxylic acids is 1. The smallest absolute Gasteiger partial charge is 0.256 e. The van der Waals surface area contributed by atoms with E-state index in [1.807, 2.05) is 23.1 Å². The molecule has 1 aromatic carbocycles. The SMILES string of the molecule is COc1ccc2c(c1OC)CCN1C(=O)c3cccnc3CC21.Cl. The summed E-state index contributed by atoms with van der Waals surface area (Å²) in [6.45, 7) is 0.689. The molecule has 126 valence electrons. The quantitative estimate of drug-likeness (QED) is 0.839. The summed E-state index contributed by atoms with van der Waals surface area (Å²) in [5.41, 5.74) is 3.88. The summed E-state index contributed by atoms with van der Waals surface area (Å²) >= 11 is 0. The van der Waals surface area contributed by atoms with Crippen molar-refractivity contribution < 1.29 is 14.3 Å². The van der Waals surface area contributed by atoms with Gasteiger partial charge in [0.1, 0.15) is 0 Å². The molecule has 2 aliphatic heterocycles. The Morgan fingerprint density at radius 1 is 1.21 bits per heavy atom. The van der Waals surface area contributed by atoms with Gasteiger partial charge in [-0.2, -0.15) is 0 Å². The van der Waals surface area contributed by atoms with Crippen molar-refractivity contribution in [2.24, 2.45) is 0 Å². The van der Waals surface area contributed by atoms with Gasteiger partial charge >= 0.3 is 0 Å². The Kier molecular flexibility index (Phi) is 4.37. The molecular weight excluding hydrogens is 328 g/mol. The first-order chi connectivity index (χ1) is 11.2. The molecule has 0 spiro atoms. The highest BCUT2D eigenvalue weighted by Gasteiger charge is 2.38. The van der Waals surface area contributed by atoms with Crippen LogP contribution in [0.5, 0.6) is 11.5 Å². The number of hydrogen-bond donors (Lipinski definition) is 0. The zero-order valence-corrected chi connectivity index (χ0v) is 14.4. The van der Waals surface area contributed by atoms with Gasteiger partial charge in [0, 0.05) is 24.7 Å². The number of hydrogen-bond acceptors (Lipinski definition) is 4. The van der Waals surface area contributed by atoms with Crippen LogP contribution in [0.4, 0.5) is 0 Å². The Bertz CT molecular complexity index is 794. The van der Waals surface area contributed by atoms with E-state index in [4.69, 9.17) is 9.47 Å². The van der Waals surface area contributed by atoms with Crippen LogP contribution in [0.25, 0.3) is 0 Å². The number of carbonyl (C=O) groups is 1. The Balaban J connectivity index is 0.00000169. The van der Waals surface area contributed by atoms with Crippen molar-refractivity contribution in [2.45, 2.75) is 18.9 Å². The summed E-state index contributed by atoms with van der Waals surface area (Å²) in [5.74, 6) is 1.59. The van der Waals surface area contributed by atoms with Crippen LogP contribution in [0.1, 0.15) is 33.2 Å². The van der Waals surface area contributed by atoms with Gasteiger partial charge in [-0.25, -0.2) is 0 Å². The molecule has 3 heterocycles. The predicted octanol–water partition coefficient (Wildman–Crippen LogP) is 2.82. The molecule has 2 aromatic rings. The number of fused-ring (bicyclic) bond motifs is 4. The van der Waals surface area contributed by atoms with E-state index in [1.165, 1.54) is 0 Å². The normalized spacial score (nSPS) is 18.0. The van der Waals surface area contributed by atoms with Gasteiger partial charge in [0.25, 0.3) is 5.91 Å². The van der Waals surface area contributed by atoms with Crippen LogP contribution < -0.4 is 9.47 Å². The van der Waals surface area contributed by atoms with Crippen LogP contribution >= 0.6 is 12.4 Å². The van der Waals surface area contributed by atoms with Gasteiger partial charge in [0.05, 0.1) is 31.5 Å². The maximum absolute atomic E-state index is 12.8. The Labute approximate surface area is 147 Å². The minimum absolute atomic E-state index is 0. The lowest BCUT2D eigenvalue weighted by Crippen LogP contribution is -2.44. The lowest BCUT2D eigenvalue weighted by molar-refractivity contribution is 0.0627. The van der Waals surface area contributed by atoms with Gasteiger partial charge in [-0.15, -0.1) is 12.4 Å². The van der Waals surface area contributed by atoms with E-state index >= 15 is 0 Å². The Morgan fingerprint density at radius 3 is 2.79 bits per heavy atom. The first kappa shape index (κ1) is 16.6. The second-order valence-corrected chi connectivity index (χ2v) is 5.83. The first-order valence-corrected chi connectivity index (χ1v) is 7.73. The third-order valence-electron chi connectivity index (χ3n) is 4.79. The van der Waals surface area contributed by atoms with Crippen molar-refractivity contribution in [3.8, 4) is 11.5 Å². The second-order valence-electron chi connectivity index (χ2n) is 5.83. The number of benzene rings is 1. The molecule has 0 aliphatic carbocycles. The maximum atomic E-state index is 12.8. The monoisotopic (exact) mass is 346 g/mol. The average molecular weight is 347 g/mol. The summed E-state index contributed by atoms with van der Waals surface area (Å²) in [6, 6.07) is 7.68. The predicted molar refractivity (Wildman–Crippen MR) is 92.2 cm³/mol. The van der Waals surface area contributed by atoms with Gasteiger partial charge in [0.2, 0.25) is 0 Å². The van der Waals surface area contributed by atoms with E-state index in [1.54, 1.807) is 20.4 Å². The van der Waals surface area contributed by atoms with Gasteiger partial charge in [-0.05, 0) is 30.2 Å². The molecule has 2 aliphatic rings. The third kappa shape index (κ3) is 2.31. The zero-order chi connectivity index (χ0) is 16.0. The number of amides is 1. The van der Waals surface area contributed by atoms with Crippen molar-refractivity contribution in [1.82, 2.24) is 9.88 Å². The third-order valence-corrected chi connectivity index (χ3v) is 4.79. The summed E-state index contributed by atoms with van der Waals surface area (Å²) in [7, 11) is 3.30. The zero-order valence-electron chi connectivity index (χ0n) is 13.6. The van der Waals surface area contributed by atoms with Crippen LogP contribution in [-0.4, -0.2) is 36.6 Å². The minimum Gasteiger partial charge on any atom is -0.493 e. The Hall–Kier alpha value is -2.27. The van der Waals surface area contributed by atoms with E-state index in [-0.39, 0.29) is 24.4 Å². The summed E-state index contributed by atoms with van der Waals surface area (Å²) in [5, 5.41) is 0. The molecule has 0 fully saturated rings. The lowest BCUT2D eigenvalue weighted by atomic mass is 9.85. The summed E-state index contributed by atoms with van der Waals surface area (Å²) in [6.07, 6.45) is 3.26. The fourth-order valence-electron chi connectivity index (χ4n) is 3.73. The second kappa shape index (κ2) is 6.32. The molecule has 5 nitrogen and oxygen atoms in total. The van der Waals surface area contributed by atoms with Crippen molar-refractivity contribution in [2.75, 3.05) is 20.8 Å². The average Bonchev–Trinajstić information content (AvgIpc) is 2.60. The Morgan fingerprint density at radius 2 is 2.04 bits per heavy atom. The highest BCUT2D eigenvalue weighted by atomic mass is 35.5. The van der Waals surface area contributed by atoms with Crippen molar-refractivity contribution in [3.63, 3.8) is 0 Å². The number of rotatable bonds is 2. The fraction of sp³-hybridized carbons (Fsp3) is 0.333. The van der Waals surface area contributed by atoms with Crippen LogP contribution in [0.2, 0.25) is 0 Å². The highest BCUT2D eigenvalue weighted by Crippen LogP contribution is 2.43. The number of halogens is 1. The molecule has 6 heteroatoms.